The highest BCUT2D eigenvalue weighted by atomic mass is 127. The van der Waals surface area contributed by atoms with Crippen molar-refractivity contribution < 1.29 is 19.0 Å². The average Bonchev–Trinajstić information content (AvgIpc) is 2.75. The number of halogens is 2. The second-order valence-electron chi connectivity index (χ2n) is 5.94. The summed E-state index contributed by atoms with van der Waals surface area (Å²) in [5.74, 6) is 1.54. The van der Waals surface area contributed by atoms with Crippen molar-refractivity contribution in [2.75, 3.05) is 20.8 Å². The van der Waals surface area contributed by atoms with Gasteiger partial charge < -0.3 is 19.5 Å². The molecule has 0 saturated carbocycles. The number of ether oxygens (including phenoxy) is 3. The lowest BCUT2D eigenvalue weighted by atomic mass is 10.1. The molecular formula is C22H20I2N2O4. The van der Waals surface area contributed by atoms with Crippen molar-refractivity contribution in [1.82, 2.24) is 5.32 Å². The number of hydrogen-bond acceptors (Lipinski definition) is 5. The van der Waals surface area contributed by atoms with Gasteiger partial charge in [-0.05, 0) is 81.1 Å². The summed E-state index contributed by atoms with van der Waals surface area (Å²) in [4.78, 5) is 12.5. The van der Waals surface area contributed by atoms with Crippen LogP contribution in [0.15, 0.2) is 48.6 Å². The first-order chi connectivity index (χ1) is 14.4. The number of methoxy groups -OCH3 is 2. The standard InChI is InChI=1S/C22H20I2N2O4/c1-4-7-30-21-18(23)9-14(10-19(21)24)8-16(12-25)22(27)26-13-15-5-6-17(28-2)11-20(15)29-3/h4-6,8-11H,1,7,13H2,2-3H3,(H,26,27)/b16-8+. The molecule has 0 unspecified atom stereocenters. The number of nitriles is 1. The van der Waals surface area contributed by atoms with Crippen LogP contribution in [-0.4, -0.2) is 26.7 Å². The summed E-state index contributed by atoms with van der Waals surface area (Å²) < 4.78 is 17.9. The first-order valence-corrected chi connectivity index (χ1v) is 10.9. The van der Waals surface area contributed by atoms with Crippen LogP contribution in [0.3, 0.4) is 0 Å². The molecule has 0 heterocycles. The zero-order chi connectivity index (χ0) is 22.1. The van der Waals surface area contributed by atoms with E-state index >= 15 is 0 Å². The molecular weight excluding hydrogens is 610 g/mol. The molecule has 2 rings (SSSR count). The molecule has 0 bridgehead atoms. The van der Waals surface area contributed by atoms with Gasteiger partial charge in [0.25, 0.3) is 5.91 Å². The smallest absolute Gasteiger partial charge is 0.262 e. The number of hydrogen-bond donors (Lipinski definition) is 1. The number of rotatable bonds is 9. The van der Waals surface area contributed by atoms with E-state index in [0.29, 0.717) is 18.1 Å². The average molecular weight is 630 g/mol. The van der Waals surface area contributed by atoms with E-state index in [-0.39, 0.29) is 12.1 Å². The number of nitrogens with one attached hydrogen (secondary N) is 1. The highest BCUT2D eigenvalue weighted by Crippen LogP contribution is 2.30. The van der Waals surface area contributed by atoms with Crippen molar-refractivity contribution in [2.24, 2.45) is 0 Å². The third kappa shape index (κ3) is 6.37. The molecule has 0 spiro atoms. The second kappa shape index (κ2) is 11.8. The van der Waals surface area contributed by atoms with Gasteiger partial charge in [0.05, 0.1) is 21.4 Å². The highest BCUT2D eigenvalue weighted by Gasteiger charge is 2.13. The molecule has 1 amide bonds. The highest BCUT2D eigenvalue weighted by molar-refractivity contribution is 14.1. The second-order valence-corrected chi connectivity index (χ2v) is 8.27. The summed E-state index contributed by atoms with van der Waals surface area (Å²) in [5, 5.41) is 12.2. The van der Waals surface area contributed by atoms with Crippen LogP contribution in [-0.2, 0) is 11.3 Å². The molecule has 2 aromatic rings. The molecule has 8 heteroatoms. The molecule has 0 aliphatic heterocycles. The van der Waals surface area contributed by atoms with Gasteiger partial charge in [0.2, 0.25) is 0 Å². The quantitative estimate of drug-likeness (QED) is 0.188. The summed E-state index contributed by atoms with van der Waals surface area (Å²) in [5.41, 5.74) is 1.52. The zero-order valence-electron chi connectivity index (χ0n) is 16.5. The van der Waals surface area contributed by atoms with E-state index in [4.69, 9.17) is 14.2 Å². The minimum Gasteiger partial charge on any atom is -0.497 e. The van der Waals surface area contributed by atoms with Crippen LogP contribution in [0, 0.1) is 18.5 Å². The van der Waals surface area contributed by atoms with Crippen molar-refractivity contribution >= 4 is 57.2 Å². The fraction of sp³-hybridized carbons (Fsp3) is 0.182. The van der Waals surface area contributed by atoms with Gasteiger partial charge in [-0.15, -0.1) is 0 Å². The van der Waals surface area contributed by atoms with Crippen LogP contribution in [0.25, 0.3) is 6.08 Å². The van der Waals surface area contributed by atoms with E-state index in [2.05, 4.69) is 57.1 Å². The SMILES string of the molecule is C=CCOc1c(I)cc(/C=C(\C#N)C(=O)NCc2ccc(OC)cc2OC)cc1I. The normalized spacial score (nSPS) is 10.7. The lowest BCUT2D eigenvalue weighted by Gasteiger charge is -2.11. The Morgan fingerprint density at radius 3 is 2.47 bits per heavy atom. The van der Waals surface area contributed by atoms with Gasteiger partial charge in [0.15, 0.2) is 0 Å². The van der Waals surface area contributed by atoms with Crippen LogP contribution >= 0.6 is 45.2 Å². The Labute approximate surface area is 203 Å². The fourth-order valence-corrected chi connectivity index (χ4v) is 4.65. The molecule has 1 N–H and O–H groups in total. The Kier molecular flexibility index (Phi) is 9.45. The van der Waals surface area contributed by atoms with Crippen molar-refractivity contribution in [1.29, 1.82) is 5.26 Å². The number of carbonyl (C=O) groups is 1. The van der Waals surface area contributed by atoms with E-state index < -0.39 is 5.91 Å². The molecule has 0 atom stereocenters. The van der Waals surface area contributed by atoms with Gasteiger partial charge in [-0.3, -0.25) is 4.79 Å². The largest absolute Gasteiger partial charge is 0.497 e. The maximum atomic E-state index is 12.5. The lowest BCUT2D eigenvalue weighted by molar-refractivity contribution is -0.117. The molecule has 0 saturated heterocycles. The maximum Gasteiger partial charge on any atom is 0.262 e. The molecule has 0 fully saturated rings. The zero-order valence-corrected chi connectivity index (χ0v) is 20.8. The van der Waals surface area contributed by atoms with E-state index in [9.17, 15) is 10.1 Å². The summed E-state index contributed by atoms with van der Waals surface area (Å²) in [6.45, 7) is 4.27. The topological polar surface area (TPSA) is 80.6 Å². The van der Waals surface area contributed by atoms with Gasteiger partial charge >= 0.3 is 0 Å². The van der Waals surface area contributed by atoms with Crippen LogP contribution in [0.4, 0.5) is 0 Å². The Hall–Kier alpha value is -2.26. The van der Waals surface area contributed by atoms with Gasteiger partial charge in [-0.2, -0.15) is 5.26 Å². The van der Waals surface area contributed by atoms with Crippen LogP contribution in [0.1, 0.15) is 11.1 Å². The first kappa shape index (κ1) is 24.0. The van der Waals surface area contributed by atoms with Gasteiger partial charge in [-0.25, -0.2) is 0 Å². The Morgan fingerprint density at radius 2 is 1.90 bits per heavy atom. The predicted molar refractivity (Wildman–Crippen MR) is 133 cm³/mol. The van der Waals surface area contributed by atoms with E-state index in [1.54, 1.807) is 44.6 Å². The van der Waals surface area contributed by atoms with Crippen molar-refractivity contribution in [3.05, 3.63) is 66.8 Å². The minimum absolute atomic E-state index is 0.00818. The van der Waals surface area contributed by atoms with Crippen LogP contribution in [0.5, 0.6) is 17.2 Å². The molecule has 2 aromatic carbocycles. The number of carbonyl (C=O) groups excluding carboxylic acids is 1. The Balaban J connectivity index is 2.18. The summed E-state index contributed by atoms with van der Waals surface area (Å²) in [7, 11) is 3.12. The third-order valence-corrected chi connectivity index (χ3v) is 5.58. The van der Waals surface area contributed by atoms with Crippen molar-refractivity contribution in [2.45, 2.75) is 6.54 Å². The molecule has 0 aliphatic rings. The van der Waals surface area contributed by atoms with Crippen molar-refractivity contribution in [3.8, 4) is 23.3 Å². The van der Waals surface area contributed by atoms with E-state index in [1.165, 1.54) is 0 Å². The number of nitrogens with zero attached hydrogens (tertiary/aromatic N) is 1. The minimum atomic E-state index is -0.465. The van der Waals surface area contributed by atoms with Crippen LogP contribution in [0.2, 0.25) is 0 Å². The number of benzene rings is 2. The Morgan fingerprint density at radius 1 is 1.20 bits per heavy atom. The monoisotopic (exact) mass is 630 g/mol. The first-order valence-electron chi connectivity index (χ1n) is 8.77. The van der Waals surface area contributed by atoms with Gasteiger partial charge in [-0.1, -0.05) is 12.7 Å². The van der Waals surface area contributed by atoms with Gasteiger partial charge in [0, 0.05) is 18.2 Å². The summed E-state index contributed by atoms with van der Waals surface area (Å²) in [6, 6.07) is 11.0. The predicted octanol–water partition coefficient (Wildman–Crippen LogP) is 4.70. The maximum absolute atomic E-state index is 12.5. The number of amides is 1. The Bertz CT molecular complexity index is 990. The van der Waals surface area contributed by atoms with Gasteiger partial charge in [0.1, 0.15) is 35.5 Å². The van der Waals surface area contributed by atoms with E-state index in [1.807, 2.05) is 18.2 Å². The third-order valence-electron chi connectivity index (χ3n) is 3.98. The summed E-state index contributed by atoms with van der Waals surface area (Å²) in [6.07, 6.45) is 3.23. The molecule has 156 valence electrons. The fourth-order valence-electron chi connectivity index (χ4n) is 2.53. The molecule has 6 nitrogen and oxygen atoms in total. The molecule has 0 radical (unpaired) electrons. The van der Waals surface area contributed by atoms with E-state index in [0.717, 1.165) is 24.0 Å². The molecule has 0 aliphatic carbocycles. The molecule has 0 aromatic heterocycles. The lowest BCUT2D eigenvalue weighted by Crippen LogP contribution is -2.24. The van der Waals surface area contributed by atoms with Crippen molar-refractivity contribution in [3.63, 3.8) is 0 Å². The van der Waals surface area contributed by atoms with Crippen LogP contribution < -0.4 is 19.5 Å². The molecule has 30 heavy (non-hydrogen) atoms. The summed E-state index contributed by atoms with van der Waals surface area (Å²) >= 11 is 4.33.